The zero-order valence-corrected chi connectivity index (χ0v) is 12.5. The summed E-state index contributed by atoms with van der Waals surface area (Å²) in [5.74, 6) is -3.58. The number of ketones is 3. The molecule has 0 amide bonds. The maximum Gasteiger partial charge on any atom is 0.433 e. The van der Waals surface area contributed by atoms with Crippen molar-refractivity contribution in [1.29, 1.82) is 0 Å². The van der Waals surface area contributed by atoms with Gasteiger partial charge >= 0.3 is 6.18 Å². The highest BCUT2D eigenvalue weighted by molar-refractivity contribution is 6.27. The molecule has 2 aliphatic carbocycles. The third kappa shape index (κ3) is 2.48. The van der Waals surface area contributed by atoms with Gasteiger partial charge < -0.3 is 0 Å². The van der Waals surface area contributed by atoms with Crippen LogP contribution in [0.15, 0.2) is 12.1 Å². The number of rotatable bonds is 2. The van der Waals surface area contributed by atoms with Crippen LogP contribution in [0.25, 0.3) is 0 Å². The summed E-state index contributed by atoms with van der Waals surface area (Å²) >= 11 is 0. The SMILES string of the molecule is Cc1nc(C(F)(F)F)ccc1C(=O)C1C(=O)C(C)C2CC2C1=O. The largest absolute Gasteiger partial charge is 0.433 e. The predicted octanol–water partition coefficient (Wildman–Crippen LogP) is 2.63. The molecule has 7 heteroatoms. The quantitative estimate of drug-likeness (QED) is 0.619. The number of halogens is 3. The van der Waals surface area contributed by atoms with Gasteiger partial charge in [-0.3, -0.25) is 14.4 Å². The summed E-state index contributed by atoms with van der Waals surface area (Å²) in [5, 5.41) is 0. The van der Waals surface area contributed by atoms with Crippen molar-refractivity contribution in [3.63, 3.8) is 0 Å². The van der Waals surface area contributed by atoms with Gasteiger partial charge in [0.15, 0.2) is 17.3 Å². The molecule has 0 spiro atoms. The van der Waals surface area contributed by atoms with Crippen LogP contribution >= 0.6 is 0 Å². The van der Waals surface area contributed by atoms with E-state index in [1.54, 1.807) is 6.92 Å². The first-order valence-corrected chi connectivity index (χ1v) is 7.29. The van der Waals surface area contributed by atoms with E-state index in [1.807, 2.05) is 0 Å². The Labute approximate surface area is 130 Å². The highest BCUT2D eigenvalue weighted by atomic mass is 19.4. The number of pyridine rings is 1. The molecule has 2 aliphatic rings. The molecule has 23 heavy (non-hydrogen) atoms. The number of fused-ring (bicyclic) bond motifs is 1. The Morgan fingerprint density at radius 2 is 1.87 bits per heavy atom. The molecule has 0 bridgehead atoms. The fourth-order valence-corrected chi connectivity index (χ4v) is 3.32. The average molecular weight is 325 g/mol. The van der Waals surface area contributed by atoms with Crippen molar-refractivity contribution in [1.82, 2.24) is 4.98 Å². The van der Waals surface area contributed by atoms with Crippen LogP contribution in [0.3, 0.4) is 0 Å². The van der Waals surface area contributed by atoms with Crippen LogP contribution in [-0.2, 0) is 15.8 Å². The van der Waals surface area contributed by atoms with Crippen LogP contribution in [0.2, 0.25) is 0 Å². The van der Waals surface area contributed by atoms with Crippen LogP contribution in [0.4, 0.5) is 13.2 Å². The molecule has 0 saturated heterocycles. The molecule has 0 aromatic carbocycles. The van der Waals surface area contributed by atoms with E-state index in [1.165, 1.54) is 6.92 Å². The number of alkyl halides is 3. The monoisotopic (exact) mass is 325 g/mol. The third-order valence-corrected chi connectivity index (χ3v) is 4.77. The fraction of sp³-hybridized carbons (Fsp3) is 0.500. The fourth-order valence-electron chi connectivity index (χ4n) is 3.32. The minimum Gasteiger partial charge on any atom is -0.298 e. The van der Waals surface area contributed by atoms with E-state index < -0.39 is 35.1 Å². The molecule has 1 aromatic heterocycles. The summed E-state index contributed by atoms with van der Waals surface area (Å²) < 4.78 is 37.9. The van der Waals surface area contributed by atoms with Crippen LogP contribution in [0.1, 0.15) is 35.1 Å². The molecule has 0 aliphatic heterocycles. The Kier molecular flexibility index (Phi) is 3.42. The summed E-state index contributed by atoms with van der Waals surface area (Å²) in [4.78, 5) is 40.5. The van der Waals surface area contributed by atoms with E-state index in [0.29, 0.717) is 12.5 Å². The molecule has 0 N–H and O–H groups in total. The predicted molar refractivity (Wildman–Crippen MR) is 72.6 cm³/mol. The van der Waals surface area contributed by atoms with Gasteiger partial charge in [0.1, 0.15) is 11.6 Å². The highest BCUT2D eigenvalue weighted by Gasteiger charge is 2.58. The van der Waals surface area contributed by atoms with Crippen LogP contribution in [-0.4, -0.2) is 22.3 Å². The van der Waals surface area contributed by atoms with Crippen molar-refractivity contribution in [2.24, 2.45) is 23.7 Å². The molecule has 4 atom stereocenters. The Morgan fingerprint density at radius 1 is 1.22 bits per heavy atom. The molecule has 0 radical (unpaired) electrons. The van der Waals surface area contributed by atoms with Gasteiger partial charge in [-0.25, -0.2) is 4.98 Å². The maximum absolute atomic E-state index is 12.6. The standard InChI is InChI=1S/C16H14F3NO3/c1-6-9-5-10(9)15(23)12(13(6)21)14(22)8-3-4-11(16(17,18)19)20-7(8)2/h3-4,6,9-10,12H,5H2,1-2H3. The minimum atomic E-state index is -4.61. The second-order valence-corrected chi connectivity index (χ2v) is 6.22. The summed E-state index contributed by atoms with van der Waals surface area (Å²) in [7, 11) is 0. The van der Waals surface area contributed by atoms with Gasteiger partial charge in [-0.05, 0) is 31.4 Å². The lowest BCUT2D eigenvalue weighted by molar-refractivity contribution is -0.141. The maximum atomic E-state index is 12.6. The molecular weight excluding hydrogens is 311 g/mol. The summed E-state index contributed by atoms with van der Waals surface area (Å²) in [6.07, 6.45) is -4.00. The normalized spacial score (nSPS) is 30.1. The molecule has 4 nitrogen and oxygen atoms in total. The van der Waals surface area contributed by atoms with Crippen molar-refractivity contribution in [3.8, 4) is 0 Å². The first kappa shape index (κ1) is 15.8. The Hall–Kier alpha value is -2.05. The number of nitrogens with zero attached hydrogens (tertiary/aromatic N) is 1. The van der Waals surface area contributed by atoms with E-state index in [-0.39, 0.29) is 29.0 Å². The second-order valence-electron chi connectivity index (χ2n) is 6.22. The van der Waals surface area contributed by atoms with Gasteiger partial charge in [0.05, 0.1) is 0 Å². The van der Waals surface area contributed by atoms with Gasteiger partial charge in [0.2, 0.25) is 0 Å². The molecule has 2 fully saturated rings. The molecule has 1 heterocycles. The zero-order chi connectivity index (χ0) is 17.1. The Morgan fingerprint density at radius 3 is 2.43 bits per heavy atom. The first-order chi connectivity index (χ1) is 10.6. The zero-order valence-electron chi connectivity index (χ0n) is 12.5. The summed E-state index contributed by atoms with van der Waals surface area (Å²) in [6, 6.07) is 1.69. The van der Waals surface area contributed by atoms with Crippen molar-refractivity contribution in [2.75, 3.05) is 0 Å². The Balaban J connectivity index is 1.94. The van der Waals surface area contributed by atoms with E-state index in [0.717, 1.165) is 6.07 Å². The van der Waals surface area contributed by atoms with E-state index in [2.05, 4.69) is 4.98 Å². The van der Waals surface area contributed by atoms with Crippen molar-refractivity contribution in [2.45, 2.75) is 26.4 Å². The topological polar surface area (TPSA) is 64.1 Å². The van der Waals surface area contributed by atoms with Crippen LogP contribution in [0, 0.1) is 30.6 Å². The minimum absolute atomic E-state index is 0.0193. The van der Waals surface area contributed by atoms with Crippen molar-refractivity contribution < 1.29 is 27.6 Å². The lowest BCUT2D eigenvalue weighted by atomic mass is 9.76. The molecular formula is C16H14F3NO3. The number of aromatic nitrogens is 1. The third-order valence-electron chi connectivity index (χ3n) is 4.77. The molecule has 122 valence electrons. The number of carbonyl (C=O) groups excluding carboxylic acids is 3. The molecule has 4 unspecified atom stereocenters. The van der Waals surface area contributed by atoms with Crippen LogP contribution in [0.5, 0.6) is 0 Å². The van der Waals surface area contributed by atoms with Gasteiger partial charge in [-0.15, -0.1) is 0 Å². The average Bonchev–Trinajstić information content (AvgIpc) is 3.24. The lowest BCUT2D eigenvalue weighted by Gasteiger charge is -2.23. The van der Waals surface area contributed by atoms with Crippen molar-refractivity contribution in [3.05, 3.63) is 29.1 Å². The van der Waals surface area contributed by atoms with Crippen molar-refractivity contribution >= 4 is 17.3 Å². The Bertz CT molecular complexity index is 726. The number of carbonyl (C=O) groups is 3. The first-order valence-electron chi connectivity index (χ1n) is 7.29. The van der Waals surface area contributed by atoms with E-state index in [9.17, 15) is 27.6 Å². The van der Waals surface area contributed by atoms with E-state index >= 15 is 0 Å². The number of hydrogen-bond acceptors (Lipinski definition) is 4. The molecule has 1 aromatic rings. The summed E-state index contributed by atoms with van der Waals surface area (Å²) in [6.45, 7) is 2.96. The molecule has 2 saturated carbocycles. The smallest absolute Gasteiger partial charge is 0.298 e. The lowest BCUT2D eigenvalue weighted by Crippen LogP contribution is -2.41. The number of hydrogen-bond donors (Lipinski definition) is 0. The van der Waals surface area contributed by atoms with Gasteiger partial charge in [-0.2, -0.15) is 13.2 Å². The second kappa shape index (κ2) is 4.97. The van der Waals surface area contributed by atoms with Gasteiger partial charge in [-0.1, -0.05) is 6.92 Å². The number of aryl methyl sites for hydroxylation is 1. The van der Waals surface area contributed by atoms with E-state index in [4.69, 9.17) is 0 Å². The number of Topliss-reactive ketones (excluding diaryl/α,β-unsaturated/α-hetero) is 3. The van der Waals surface area contributed by atoms with Crippen LogP contribution < -0.4 is 0 Å². The molecule has 3 rings (SSSR count). The van der Waals surface area contributed by atoms with Gasteiger partial charge in [0.25, 0.3) is 0 Å². The van der Waals surface area contributed by atoms with Gasteiger partial charge in [0, 0.05) is 23.1 Å². The summed E-state index contributed by atoms with van der Waals surface area (Å²) in [5.41, 5.74) is -1.34. The highest BCUT2D eigenvalue weighted by Crippen LogP contribution is 2.51.